The van der Waals surface area contributed by atoms with Crippen LogP contribution in [-0.4, -0.2) is 54.6 Å². The fraction of sp³-hybridized carbons (Fsp3) is 0.714. The summed E-state index contributed by atoms with van der Waals surface area (Å²) in [5, 5.41) is 1.22. The highest BCUT2D eigenvalue weighted by atomic mass is 32.2. The molecule has 0 unspecified atom stereocenters. The topological polar surface area (TPSA) is 66.4 Å². The minimum absolute atomic E-state index is 0.164. The minimum Gasteiger partial charge on any atom is -0.353 e. The largest absolute Gasteiger partial charge is 0.353 e. The predicted octanol–water partition coefficient (Wildman–Crippen LogP) is 3.62. The molecular weight excluding hydrogens is 404 g/mol. The molecule has 160 valence electrons. The van der Waals surface area contributed by atoms with Crippen molar-refractivity contribution < 1.29 is 8.42 Å². The van der Waals surface area contributed by atoms with Crippen molar-refractivity contribution in [1.82, 2.24) is 14.3 Å². The maximum Gasteiger partial charge on any atom is 0.213 e. The van der Waals surface area contributed by atoms with Gasteiger partial charge in [-0.25, -0.2) is 18.4 Å². The van der Waals surface area contributed by atoms with Crippen molar-refractivity contribution in [3.63, 3.8) is 0 Å². The molecule has 0 spiro atoms. The summed E-state index contributed by atoms with van der Waals surface area (Å²) in [4.78, 5) is 14.4. The third kappa shape index (κ3) is 3.91. The molecule has 6 nitrogen and oxygen atoms in total. The molecule has 1 aliphatic carbocycles. The summed E-state index contributed by atoms with van der Waals surface area (Å²) in [5.74, 6) is 2.66. The molecule has 1 aliphatic heterocycles. The lowest BCUT2D eigenvalue weighted by molar-refractivity contribution is 0.218. The van der Waals surface area contributed by atoms with E-state index in [1.165, 1.54) is 22.2 Å². The first kappa shape index (κ1) is 21.0. The van der Waals surface area contributed by atoms with Crippen molar-refractivity contribution in [2.75, 3.05) is 36.8 Å². The van der Waals surface area contributed by atoms with E-state index in [4.69, 9.17) is 9.97 Å². The van der Waals surface area contributed by atoms with Crippen LogP contribution in [0.2, 0.25) is 0 Å². The van der Waals surface area contributed by atoms with Crippen LogP contribution in [0.3, 0.4) is 0 Å². The van der Waals surface area contributed by atoms with E-state index in [1.807, 2.05) is 18.3 Å². The number of thiophene rings is 1. The number of hydrogen-bond acceptors (Lipinski definition) is 6. The summed E-state index contributed by atoms with van der Waals surface area (Å²) in [6.07, 6.45) is 3.42. The average Bonchev–Trinajstić information content (AvgIpc) is 3.04. The average molecular weight is 437 g/mol. The standard InChI is InChI=1S/C21H32N4O2S2/c1-6-29(26,27)25-11-9-24(10-12-25)19-18-16-8-7-15(21(3,4)5)13-17(16)28-20(18)23-14(2)22-19/h15H,6-13H2,1-5H3/t15-/m1/s1. The number of sulfonamides is 1. The van der Waals surface area contributed by atoms with E-state index < -0.39 is 10.0 Å². The van der Waals surface area contributed by atoms with Gasteiger partial charge in [0.1, 0.15) is 16.5 Å². The van der Waals surface area contributed by atoms with Crippen LogP contribution in [0.5, 0.6) is 0 Å². The van der Waals surface area contributed by atoms with E-state index in [0.717, 1.165) is 29.3 Å². The molecule has 1 atom stereocenters. The summed E-state index contributed by atoms with van der Waals surface area (Å²) in [6.45, 7) is 13.1. The predicted molar refractivity (Wildman–Crippen MR) is 120 cm³/mol. The number of anilines is 1. The summed E-state index contributed by atoms with van der Waals surface area (Å²) in [6, 6.07) is 0. The van der Waals surface area contributed by atoms with Crippen molar-refractivity contribution in [3.05, 3.63) is 16.3 Å². The van der Waals surface area contributed by atoms with Gasteiger partial charge in [0.25, 0.3) is 0 Å². The molecule has 2 aromatic rings. The number of nitrogens with zero attached hydrogens (tertiary/aromatic N) is 4. The molecule has 0 N–H and O–H groups in total. The first-order chi connectivity index (χ1) is 13.6. The van der Waals surface area contributed by atoms with Crippen LogP contribution in [0, 0.1) is 18.3 Å². The van der Waals surface area contributed by atoms with Gasteiger partial charge < -0.3 is 4.90 Å². The van der Waals surface area contributed by atoms with E-state index >= 15 is 0 Å². The molecule has 4 rings (SSSR count). The molecule has 1 fully saturated rings. The number of piperazine rings is 1. The zero-order valence-corrected chi connectivity index (χ0v) is 19.8. The molecule has 3 heterocycles. The van der Waals surface area contributed by atoms with Gasteiger partial charge in [0, 0.05) is 31.1 Å². The molecule has 0 bridgehead atoms. The van der Waals surface area contributed by atoms with Gasteiger partial charge in [-0.2, -0.15) is 4.31 Å². The molecule has 0 aromatic carbocycles. The lowest BCUT2D eigenvalue weighted by Gasteiger charge is -2.35. The van der Waals surface area contributed by atoms with Crippen LogP contribution in [-0.2, 0) is 22.9 Å². The number of hydrogen-bond donors (Lipinski definition) is 0. The van der Waals surface area contributed by atoms with E-state index in [2.05, 4.69) is 25.7 Å². The van der Waals surface area contributed by atoms with Crippen LogP contribution < -0.4 is 4.90 Å². The Kier molecular flexibility index (Phi) is 5.40. The summed E-state index contributed by atoms with van der Waals surface area (Å²) in [7, 11) is -3.13. The Balaban J connectivity index is 1.67. The summed E-state index contributed by atoms with van der Waals surface area (Å²) < 4.78 is 26.0. The lowest BCUT2D eigenvalue weighted by Crippen LogP contribution is -2.49. The molecule has 2 aromatic heterocycles. The molecule has 8 heteroatoms. The molecular formula is C21H32N4O2S2. The number of rotatable bonds is 3. The number of aromatic nitrogens is 2. The van der Waals surface area contributed by atoms with Gasteiger partial charge in [-0.15, -0.1) is 11.3 Å². The van der Waals surface area contributed by atoms with Crippen LogP contribution in [0.15, 0.2) is 0 Å². The Morgan fingerprint density at radius 3 is 2.45 bits per heavy atom. The monoisotopic (exact) mass is 436 g/mol. The smallest absolute Gasteiger partial charge is 0.213 e. The summed E-state index contributed by atoms with van der Waals surface area (Å²) >= 11 is 1.84. The second kappa shape index (κ2) is 7.46. The highest BCUT2D eigenvalue weighted by Gasteiger charge is 2.33. The third-order valence-corrected chi connectivity index (χ3v) is 9.55. The third-order valence-electron chi connectivity index (χ3n) is 6.52. The van der Waals surface area contributed by atoms with Crippen molar-refractivity contribution in [2.45, 2.75) is 53.9 Å². The zero-order chi connectivity index (χ0) is 21.0. The molecule has 2 aliphatic rings. The highest BCUT2D eigenvalue weighted by Crippen LogP contribution is 2.45. The second-order valence-electron chi connectivity index (χ2n) is 9.37. The number of fused-ring (bicyclic) bond motifs is 3. The second-order valence-corrected chi connectivity index (χ2v) is 12.7. The van der Waals surface area contributed by atoms with Crippen molar-refractivity contribution in [3.8, 4) is 0 Å². The molecule has 0 saturated carbocycles. The van der Waals surface area contributed by atoms with Gasteiger partial charge in [0.05, 0.1) is 11.1 Å². The maximum atomic E-state index is 12.2. The summed E-state index contributed by atoms with van der Waals surface area (Å²) in [5.41, 5.74) is 1.75. The molecule has 0 radical (unpaired) electrons. The fourth-order valence-corrected chi connectivity index (χ4v) is 7.01. The van der Waals surface area contributed by atoms with Crippen molar-refractivity contribution in [2.24, 2.45) is 11.3 Å². The molecule has 1 saturated heterocycles. The Morgan fingerprint density at radius 2 is 1.83 bits per heavy atom. The van der Waals surface area contributed by atoms with Crippen LogP contribution in [0.25, 0.3) is 10.2 Å². The van der Waals surface area contributed by atoms with Crippen LogP contribution in [0.1, 0.15) is 50.4 Å². The van der Waals surface area contributed by atoms with Crippen molar-refractivity contribution >= 4 is 37.4 Å². The van der Waals surface area contributed by atoms with Crippen LogP contribution in [0.4, 0.5) is 5.82 Å². The maximum absolute atomic E-state index is 12.2. The molecule has 29 heavy (non-hydrogen) atoms. The van der Waals surface area contributed by atoms with Gasteiger partial charge in [-0.05, 0) is 50.0 Å². The SMILES string of the molecule is CCS(=O)(=O)N1CCN(c2nc(C)nc3sc4c(c23)CC[C@@H](C(C)(C)C)C4)CC1. The van der Waals surface area contributed by atoms with Crippen molar-refractivity contribution in [1.29, 1.82) is 0 Å². The normalized spacial score (nSPS) is 21.6. The Morgan fingerprint density at radius 1 is 1.14 bits per heavy atom. The quantitative estimate of drug-likeness (QED) is 0.735. The highest BCUT2D eigenvalue weighted by molar-refractivity contribution is 7.89. The van der Waals surface area contributed by atoms with Gasteiger partial charge in [-0.3, -0.25) is 0 Å². The van der Waals surface area contributed by atoms with Gasteiger partial charge in [-0.1, -0.05) is 20.8 Å². The van der Waals surface area contributed by atoms with Gasteiger partial charge in [0.15, 0.2) is 0 Å². The zero-order valence-electron chi connectivity index (χ0n) is 18.2. The first-order valence-corrected chi connectivity index (χ1v) is 13.0. The first-order valence-electron chi connectivity index (χ1n) is 10.6. The lowest BCUT2D eigenvalue weighted by atomic mass is 9.72. The molecule has 0 amide bonds. The van der Waals surface area contributed by atoms with Gasteiger partial charge in [0.2, 0.25) is 10.0 Å². The minimum atomic E-state index is -3.13. The van der Waals surface area contributed by atoms with Crippen LogP contribution >= 0.6 is 11.3 Å². The van der Waals surface area contributed by atoms with E-state index in [0.29, 0.717) is 37.5 Å². The number of aryl methyl sites for hydroxylation is 2. The van der Waals surface area contributed by atoms with E-state index in [9.17, 15) is 8.42 Å². The van der Waals surface area contributed by atoms with Gasteiger partial charge >= 0.3 is 0 Å². The Labute approximate surface area is 178 Å². The van der Waals surface area contributed by atoms with E-state index in [-0.39, 0.29) is 5.75 Å². The fourth-order valence-electron chi connectivity index (χ4n) is 4.59. The Bertz CT molecular complexity index is 1020. The van der Waals surface area contributed by atoms with E-state index in [1.54, 1.807) is 11.2 Å². The Hall–Kier alpha value is -1.25.